The fourth-order valence-corrected chi connectivity index (χ4v) is 2.62. The number of rotatable bonds is 6. The Hall–Kier alpha value is -2.93. The van der Waals surface area contributed by atoms with E-state index in [-0.39, 0.29) is 17.2 Å². The predicted molar refractivity (Wildman–Crippen MR) is 94.6 cm³/mol. The van der Waals surface area contributed by atoms with E-state index in [9.17, 15) is 9.59 Å². The van der Waals surface area contributed by atoms with Gasteiger partial charge in [0.2, 0.25) is 0 Å². The summed E-state index contributed by atoms with van der Waals surface area (Å²) in [6, 6.07) is 9.86. The largest absolute Gasteiger partial charge is 0.493 e. The monoisotopic (exact) mass is 356 g/mol. The first-order valence-electron chi connectivity index (χ1n) is 8.43. The van der Waals surface area contributed by atoms with Crippen LogP contribution in [0, 0.1) is 5.92 Å². The minimum atomic E-state index is -1.13. The maximum absolute atomic E-state index is 12.2. The molecule has 0 saturated carbocycles. The van der Waals surface area contributed by atoms with Gasteiger partial charge in [-0.3, -0.25) is 4.79 Å². The molecule has 1 aromatic carbocycles. The summed E-state index contributed by atoms with van der Waals surface area (Å²) >= 11 is 0. The van der Waals surface area contributed by atoms with Crippen LogP contribution in [0.3, 0.4) is 0 Å². The average molecular weight is 356 g/mol. The molecule has 1 fully saturated rings. The molecule has 3 rings (SSSR count). The molecular weight excluding hydrogens is 336 g/mol. The molecule has 0 radical (unpaired) electrons. The number of hydrogen-bond donors (Lipinski definition) is 2. The number of aromatic carboxylic acids is 1. The average Bonchev–Trinajstić information content (AvgIpc) is 2.68. The summed E-state index contributed by atoms with van der Waals surface area (Å²) in [6.45, 7) is 2.25. The summed E-state index contributed by atoms with van der Waals surface area (Å²) in [4.78, 5) is 26.7. The van der Waals surface area contributed by atoms with Crippen molar-refractivity contribution in [3.8, 4) is 5.75 Å². The Morgan fingerprint density at radius 1 is 1.15 bits per heavy atom. The highest BCUT2D eigenvalue weighted by Gasteiger charge is 2.14. The maximum atomic E-state index is 12.2. The molecule has 2 N–H and O–H groups in total. The lowest BCUT2D eigenvalue weighted by Gasteiger charge is -2.22. The number of carbonyl (C=O) groups excluding carboxylic acids is 1. The lowest BCUT2D eigenvalue weighted by Crippen LogP contribution is -2.21. The summed E-state index contributed by atoms with van der Waals surface area (Å²) in [5.41, 5.74) is 0.804. The third-order valence-corrected chi connectivity index (χ3v) is 4.18. The number of carboxylic acids is 1. The van der Waals surface area contributed by atoms with E-state index in [1.165, 1.54) is 18.3 Å². The first kappa shape index (κ1) is 17.9. The molecule has 7 heteroatoms. The first-order chi connectivity index (χ1) is 12.6. The van der Waals surface area contributed by atoms with Crippen molar-refractivity contribution < 1.29 is 24.2 Å². The van der Waals surface area contributed by atoms with E-state index < -0.39 is 5.97 Å². The molecule has 0 aliphatic carbocycles. The zero-order valence-corrected chi connectivity index (χ0v) is 14.2. The number of nitrogens with zero attached hydrogens (tertiary/aromatic N) is 1. The molecule has 1 aliphatic rings. The molecule has 1 saturated heterocycles. The van der Waals surface area contributed by atoms with Crippen molar-refractivity contribution in [1.29, 1.82) is 0 Å². The molecule has 2 aromatic rings. The van der Waals surface area contributed by atoms with Gasteiger partial charge in [-0.25, -0.2) is 9.78 Å². The summed E-state index contributed by atoms with van der Waals surface area (Å²) in [5, 5.41) is 11.6. The zero-order chi connectivity index (χ0) is 18.4. The van der Waals surface area contributed by atoms with Gasteiger partial charge in [0.05, 0.1) is 12.2 Å². The number of aromatic nitrogens is 1. The fraction of sp³-hybridized carbons (Fsp3) is 0.316. The van der Waals surface area contributed by atoms with Crippen molar-refractivity contribution >= 4 is 17.6 Å². The maximum Gasteiger partial charge on any atom is 0.354 e. The number of hydrogen-bond acceptors (Lipinski definition) is 5. The van der Waals surface area contributed by atoms with Crippen LogP contribution in [0.4, 0.5) is 5.69 Å². The SMILES string of the molecule is O=C(Nc1ccc(OCC2CCOCC2)cc1)c1ccc(C(=O)O)nc1. The van der Waals surface area contributed by atoms with Gasteiger partial charge in [0, 0.05) is 25.1 Å². The molecule has 7 nitrogen and oxygen atoms in total. The van der Waals surface area contributed by atoms with Crippen LogP contribution < -0.4 is 10.1 Å². The number of amides is 1. The van der Waals surface area contributed by atoms with Gasteiger partial charge in [-0.05, 0) is 55.2 Å². The first-order valence-corrected chi connectivity index (χ1v) is 8.43. The molecule has 1 aliphatic heterocycles. The Morgan fingerprint density at radius 2 is 1.88 bits per heavy atom. The van der Waals surface area contributed by atoms with Gasteiger partial charge in [-0.2, -0.15) is 0 Å². The number of carboxylic acid groups (broad SMARTS) is 1. The third kappa shape index (κ3) is 4.80. The van der Waals surface area contributed by atoms with Crippen LogP contribution in [0.1, 0.15) is 33.7 Å². The van der Waals surface area contributed by atoms with Gasteiger partial charge in [0.1, 0.15) is 11.4 Å². The van der Waals surface area contributed by atoms with Gasteiger partial charge in [0.25, 0.3) is 5.91 Å². The Bertz CT molecular complexity index is 753. The summed E-state index contributed by atoms with van der Waals surface area (Å²) in [6.07, 6.45) is 3.27. The second-order valence-electron chi connectivity index (χ2n) is 6.08. The summed E-state index contributed by atoms with van der Waals surface area (Å²) in [5.74, 6) is -0.218. The number of anilines is 1. The van der Waals surface area contributed by atoms with Gasteiger partial charge in [-0.1, -0.05) is 0 Å². The van der Waals surface area contributed by atoms with Gasteiger partial charge < -0.3 is 19.9 Å². The number of pyridine rings is 1. The normalized spacial score (nSPS) is 14.6. The van der Waals surface area contributed by atoms with Crippen molar-refractivity contribution in [3.63, 3.8) is 0 Å². The molecule has 136 valence electrons. The molecular formula is C19H20N2O5. The Morgan fingerprint density at radius 3 is 2.50 bits per heavy atom. The number of benzene rings is 1. The predicted octanol–water partition coefficient (Wildman–Crippen LogP) is 2.84. The van der Waals surface area contributed by atoms with Crippen molar-refractivity contribution in [2.45, 2.75) is 12.8 Å². The number of nitrogens with one attached hydrogen (secondary N) is 1. The molecule has 1 aromatic heterocycles. The van der Waals surface area contributed by atoms with E-state index in [4.69, 9.17) is 14.6 Å². The fourth-order valence-electron chi connectivity index (χ4n) is 2.62. The van der Waals surface area contributed by atoms with Crippen LogP contribution in [0.2, 0.25) is 0 Å². The second kappa shape index (κ2) is 8.44. The number of carbonyl (C=O) groups is 2. The van der Waals surface area contributed by atoms with Crippen LogP contribution >= 0.6 is 0 Å². The highest BCUT2D eigenvalue weighted by molar-refractivity contribution is 6.04. The van der Waals surface area contributed by atoms with Crippen LogP contribution in [-0.4, -0.2) is 41.8 Å². The molecule has 26 heavy (non-hydrogen) atoms. The molecule has 1 amide bonds. The smallest absolute Gasteiger partial charge is 0.354 e. The summed E-state index contributed by atoms with van der Waals surface area (Å²) in [7, 11) is 0. The minimum Gasteiger partial charge on any atom is -0.493 e. The minimum absolute atomic E-state index is 0.104. The van der Waals surface area contributed by atoms with E-state index in [0.29, 0.717) is 18.2 Å². The van der Waals surface area contributed by atoms with E-state index in [2.05, 4.69) is 10.3 Å². The molecule has 0 atom stereocenters. The molecule has 0 spiro atoms. The van der Waals surface area contributed by atoms with Gasteiger partial charge in [-0.15, -0.1) is 0 Å². The van der Waals surface area contributed by atoms with E-state index in [1.54, 1.807) is 24.3 Å². The Kier molecular flexibility index (Phi) is 5.80. The lowest BCUT2D eigenvalue weighted by atomic mass is 10.0. The van der Waals surface area contributed by atoms with E-state index >= 15 is 0 Å². The van der Waals surface area contributed by atoms with Crippen molar-refractivity contribution in [2.24, 2.45) is 5.92 Å². The van der Waals surface area contributed by atoms with Crippen LogP contribution in [-0.2, 0) is 4.74 Å². The van der Waals surface area contributed by atoms with Gasteiger partial charge in [0.15, 0.2) is 0 Å². The van der Waals surface area contributed by atoms with Crippen LogP contribution in [0.5, 0.6) is 5.75 Å². The Labute approximate surface area is 151 Å². The zero-order valence-electron chi connectivity index (χ0n) is 14.2. The highest BCUT2D eigenvalue weighted by Crippen LogP contribution is 2.20. The molecule has 0 bridgehead atoms. The standard InChI is InChI=1S/C19H20N2O5/c22-18(14-1-6-17(19(23)24)20-11-14)21-15-2-4-16(5-3-15)26-12-13-7-9-25-10-8-13/h1-6,11,13H,7-10,12H2,(H,21,22)(H,23,24). The third-order valence-electron chi connectivity index (χ3n) is 4.18. The number of ether oxygens (including phenoxy) is 2. The van der Waals surface area contributed by atoms with Crippen molar-refractivity contribution in [2.75, 3.05) is 25.1 Å². The van der Waals surface area contributed by atoms with Crippen molar-refractivity contribution in [1.82, 2.24) is 4.98 Å². The molecule has 0 unspecified atom stereocenters. The van der Waals surface area contributed by atoms with Crippen LogP contribution in [0.25, 0.3) is 0 Å². The summed E-state index contributed by atoms with van der Waals surface area (Å²) < 4.78 is 11.1. The van der Waals surface area contributed by atoms with Gasteiger partial charge >= 0.3 is 5.97 Å². The van der Waals surface area contributed by atoms with E-state index in [1.807, 2.05) is 0 Å². The van der Waals surface area contributed by atoms with E-state index in [0.717, 1.165) is 31.8 Å². The van der Waals surface area contributed by atoms with Crippen LogP contribution in [0.15, 0.2) is 42.6 Å². The lowest BCUT2D eigenvalue weighted by molar-refractivity contribution is 0.0497. The molecule has 2 heterocycles. The second-order valence-corrected chi connectivity index (χ2v) is 6.08. The van der Waals surface area contributed by atoms with Crippen molar-refractivity contribution in [3.05, 3.63) is 53.9 Å². The Balaban J connectivity index is 1.53. The quantitative estimate of drug-likeness (QED) is 0.826. The topological polar surface area (TPSA) is 97.8 Å². The highest BCUT2D eigenvalue weighted by atomic mass is 16.5.